The molecule has 7 heteroatoms. The summed E-state index contributed by atoms with van der Waals surface area (Å²) in [5, 5.41) is 34.3. The Kier molecular flexibility index (Phi) is 4.34. The van der Waals surface area contributed by atoms with Crippen LogP contribution in [0.2, 0.25) is 0 Å². The summed E-state index contributed by atoms with van der Waals surface area (Å²) < 4.78 is 24.6. The van der Waals surface area contributed by atoms with Crippen LogP contribution < -0.4 is 0 Å². The van der Waals surface area contributed by atoms with Crippen molar-refractivity contribution in [2.75, 3.05) is 6.61 Å². The Hall–Kier alpha value is -0.630. The van der Waals surface area contributed by atoms with Gasteiger partial charge in [0.1, 0.15) is 12.2 Å². The highest BCUT2D eigenvalue weighted by Crippen LogP contribution is 2.19. The molecule has 0 aromatic carbocycles. The number of aliphatic hydroxyl groups excluding tert-OH is 4. The number of aldehydes is 1. The van der Waals surface area contributed by atoms with Gasteiger partial charge < -0.3 is 20.4 Å². The average molecular weight is 200 g/mol. The number of hydrogen-bond acceptors (Lipinski definition) is 5. The Labute approximate surface area is 72.2 Å². The van der Waals surface area contributed by atoms with Gasteiger partial charge in [-0.25, -0.2) is 0 Å². The average Bonchev–Trinajstić information content (AvgIpc) is 2.14. The number of halogens is 2. The minimum absolute atomic E-state index is 0.842. The maximum Gasteiger partial charge on any atom is 0.330 e. The van der Waals surface area contributed by atoms with Crippen molar-refractivity contribution >= 4 is 6.29 Å². The Morgan fingerprint density at radius 1 is 1.31 bits per heavy atom. The molecule has 0 amide bonds. The van der Waals surface area contributed by atoms with Crippen LogP contribution in [-0.2, 0) is 4.79 Å². The molecule has 78 valence electrons. The molecule has 13 heavy (non-hydrogen) atoms. The topological polar surface area (TPSA) is 98.0 Å². The van der Waals surface area contributed by atoms with E-state index < -0.39 is 37.1 Å². The number of rotatable bonds is 5. The molecule has 0 aromatic heterocycles. The van der Waals surface area contributed by atoms with Gasteiger partial charge in [0.25, 0.3) is 0 Å². The highest BCUT2D eigenvalue weighted by atomic mass is 19.3. The third-order valence-electron chi connectivity index (χ3n) is 1.46. The fourth-order valence-electron chi connectivity index (χ4n) is 0.616. The number of alkyl halides is 2. The summed E-state index contributed by atoms with van der Waals surface area (Å²) in [4.78, 5) is 9.72. The molecular weight excluding hydrogens is 190 g/mol. The molecule has 0 aromatic rings. The van der Waals surface area contributed by atoms with E-state index in [0.717, 1.165) is 0 Å². The lowest BCUT2D eigenvalue weighted by Crippen LogP contribution is -2.50. The minimum Gasteiger partial charge on any atom is -0.394 e. The predicted octanol–water partition coefficient (Wildman–Crippen LogP) is -2.10. The van der Waals surface area contributed by atoms with Crippen molar-refractivity contribution in [3.63, 3.8) is 0 Å². The van der Waals surface area contributed by atoms with Gasteiger partial charge >= 0.3 is 5.92 Å². The van der Waals surface area contributed by atoms with Crippen LogP contribution in [-0.4, -0.2) is 57.6 Å². The summed E-state index contributed by atoms with van der Waals surface area (Å²) in [5.41, 5.74) is 0. The van der Waals surface area contributed by atoms with E-state index in [-0.39, 0.29) is 0 Å². The zero-order chi connectivity index (χ0) is 10.6. The van der Waals surface area contributed by atoms with Crippen LogP contribution in [0.15, 0.2) is 0 Å². The smallest absolute Gasteiger partial charge is 0.330 e. The highest BCUT2D eigenvalue weighted by Gasteiger charge is 2.44. The van der Waals surface area contributed by atoms with E-state index >= 15 is 0 Å². The highest BCUT2D eigenvalue weighted by molar-refractivity contribution is 5.60. The second-order valence-electron chi connectivity index (χ2n) is 2.48. The zero-order valence-corrected chi connectivity index (χ0v) is 6.47. The van der Waals surface area contributed by atoms with Crippen molar-refractivity contribution in [2.45, 2.75) is 24.2 Å². The van der Waals surface area contributed by atoms with Gasteiger partial charge in [0.05, 0.1) is 6.61 Å². The van der Waals surface area contributed by atoms with Crippen LogP contribution >= 0.6 is 0 Å². The molecule has 4 N–H and O–H groups in total. The molecular formula is C6H10F2O5. The van der Waals surface area contributed by atoms with E-state index in [4.69, 9.17) is 20.4 Å². The Morgan fingerprint density at radius 2 is 1.77 bits per heavy atom. The van der Waals surface area contributed by atoms with E-state index in [1.165, 1.54) is 0 Å². The summed E-state index contributed by atoms with van der Waals surface area (Å²) in [5.74, 6) is -4.14. The van der Waals surface area contributed by atoms with Crippen LogP contribution in [0.5, 0.6) is 0 Å². The molecule has 5 nitrogen and oxygen atoms in total. The maximum atomic E-state index is 12.3. The first kappa shape index (κ1) is 12.4. The van der Waals surface area contributed by atoms with Gasteiger partial charge in [-0.3, -0.25) is 4.79 Å². The van der Waals surface area contributed by atoms with E-state index in [2.05, 4.69) is 0 Å². The van der Waals surface area contributed by atoms with E-state index in [0.29, 0.717) is 0 Å². The van der Waals surface area contributed by atoms with Crippen molar-refractivity contribution in [3.05, 3.63) is 0 Å². The maximum absolute atomic E-state index is 12.3. The molecule has 0 saturated heterocycles. The zero-order valence-electron chi connectivity index (χ0n) is 6.47. The normalized spacial score (nSPS) is 19.2. The molecule has 0 spiro atoms. The number of hydrogen-bond donors (Lipinski definition) is 4. The van der Waals surface area contributed by atoms with Crippen LogP contribution in [0.1, 0.15) is 0 Å². The van der Waals surface area contributed by atoms with Crippen molar-refractivity contribution in [2.24, 2.45) is 0 Å². The lowest BCUT2D eigenvalue weighted by molar-refractivity contribution is -0.177. The molecule has 0 rings (SSSR count). The van der Waals surface area contributed by atoms with E-state index in [1.807, 2.05) is 0 Å². The van der Waals surface area contributed by atoms with Crippen LogP contribution in [0.4, 0.5) is 8.78 Å². The third-order valence-corrected chi connectivity index (χ3v) is 1.46. The fourth-order valence-corrected chi connectivity index (χ4v) is 0.616. The first-order chi connectivity index (χ1) is 5.86. The molecule has 0 aliphatic heterocycles. The molecule has 0 saturated carbocycles. The monoisotopic (exact) mass is 200 g/mol. The molecule has 3 atom stereocenters. The first-order valence-electron chi connectivity index (χ1n) is 3.36. The predicted molar refractivity (Wildman–Crippen MR) is 36.1 cm³/mol. The molecule has 0 aliphatic rings. The molecule has 0 heterocycles. The second-order valence-corrected chi connectivity index (χ2v) is 2.48. The SMILES string of the molecule is O=CC(F)(F)[C@@H](O)[C@H](O)[C@H](O)CO. The van der Waals surface area contributed by atoms with Crippen molar-refractivity contribution in [1.29, 1.82) is 0 Å². The molecule has 0 unspecified atom stereocenters. The van der Waals surface area contributed by atoms with Gasteiger partial charge in [0.15, 0.2) is 12.4 Å². The first-order valence-corrected chi connectivity index (χ1v) is 3.36. The summed E-state index contributed by atoms with van der Waals surface area (Å²) in [7, 11) is 0. The summed E-state index contributed by atoms with van der Waals surface area (Å²) in [6, 6.07) is 0. The van der Waals surface area contributed by atoms with Crippen LogP contribution in [0, 0.1) is 0 Å². The number of carbonyl (C=O) groups is 1. The van der Waals surface area contributed by atoms with Gasteiger partial charge in [-0.1, -0.05) is 0 Å². The Balaban J connectivity index is 4.40. The minimum atomic E-state index is -4.14. The molecule has 0 radical (unpaired) electrons. The summed E-state index contributed by atoms with van der Waals surface area (Å²) >= 11 is 0. The standard InChI is InChI=1S/C6H10F2O5/c7-6(8,2-10)5(13)4(12)3(11)1-9/h2-5,9,11-13H,1H2/t3-,4-,5+/m1/s1. The van der Waals surface area contributed by atoms with E-state index in [1.54, 1.807) is 0 Å². The lowest BCUT2D eigenvalue weighted by Gasteiger charge is -2.24. The summed E-state index contributed by atoms with van der Waals surface area (Å²) in [6.45, 7) is -0.993. The van der Waals surface area contributed by atoms with Crippen LogP contribution in [0.3, 0.4) is 0 Å². The van der Waals surface area contributed by atoms with Gasteiger partial charge in [-0.15, -0.1) is 0 Å². The van der Waals surface area contributed by atoms with E-state index in [9.17, 15) is 13.6 Å². The molecule has 0 bridgehead atoms. The van der Waals surface area contributed by atoms with Crippen LogP contribution in [0.25, 0.3) is 0 Å². The quantitative estimate of drug-likeness (QED) is 0.381. The molecule has 0 fully saturated rings. The number of carbonyl (C=O) groups excluding carboxylic acids is 1. The number of aliphatic hydroxyl groups is 4. The van der Waals surface area contributed by atoms with Gasteiger partial charge in [-0.2, -0.15) is 8.78 Å². The second kappa shape index (κ2) is 4.56. The Morgan fingerprint density at radius 3 is 2.08 bits per heavy atom. The largest absolute Gasteiger partial charge is 0.394 e. The van der Waals surface area contributed by atoms with Gasteiger partial charge in [-0.05, 0) is 0 Å². The fraction of sp³-hybridized carbons (Fsp3) is 0.833. The van der Waals surface area contributed by atoms with Crippen molar-refractivity contribution < 1.29 is 34.0 Å². The third kappa shape index (κ3) is 2.96. The van der Waals surface area contributed by atoms with Crippen molar-refractivity contribution in [1.82, 2.24) is 0 Å². The van der Waals surface area contributed by atoms with Gasteiger partial charge in [0, 0.05) is 0 Å². The van der Waals surface area contributed by atoms with Crippen molar-refractivity contribution in [3.8, 4) is 0 Å². The molecule has 0 aliphatic carbocycles. The lowest BCUT2D eigenvalue weighted by atomic mass is 10.0. The van der Waals surface area contributed by atoms with Gasteiger partial charge in [0.2, 0.25) is 0 Å². The summed E-state index contributed by atoms with van der Waals surface area (Å²) in [6.07, 6.45) is -7.76. The Bertz CT molecular complexity index is 174.